The lowest BCUT2D eigenvalue weighted by Crippen LogP contribution is -2.04. The van der Waals surface area contributed by atoms with Crippen molar-refractivity contribution in [2.24, 2.45) is 0 Å². The maximum Gasteiger partial charge on any atom is 0.191 e. The molecule has 2 aromatic heterocycles. The summed E-state index contributed by atoms with van der Waals surface area (Å²) in [5.41, 5.74) is 2.44. The van der Waals surface area contributed by atoms with Crippen molar-refractivity contribution in [1.82, 2.24) is 9.97 Å². The normalized spacial score (nSPS) is 10.3. The highest BCUT2D eigenvalue weighted by Gasteiger charge is 2.10. The van der Waals surface area contributed by atoms with E-state index in [1.165, 1.54) is 0 Å². The molecule has 0 atom stereocenters. The highest BCUT2D eigenvalue weighted by atomic mass is 79.9. The molecule has 0 amide bonds. The van der Waals surface area contributed by atoms with Crippen LogP contribution in [-0.4, -0.2) is 32.2 Å². The lowest BCUT2D eigenvalue weighted by Gasteiger charge is -2.05. The van der Waals surface area contributed by atoms with Crippen molar-refractivity contribution in [2.45, 2.75) is 0 Å². The third-order valence-corrected chi connectivity index (χ3v) is 3.69. The zero-order chi connectivity index (χ0) is 14.5. The van der Waals surface area contributed by atoms with Crippen molar-refractivity contribution >= 4 is 43.4 Å². The largest absolute Gasteiger partial charge is 0.291 e. The molecule has 20 heavy (non-hydrogen) atoms. The first-order chi connectivity index (χ1) is 9.65. The summed E-state index contributed by atoms with van der Waals surface area (Å²) >= 11 is 6.25. The Morgan fingerprint density at radius 3 is 1.60 bits per heavy atom. The Labute approximate surface area is 132 Å². The van der Waals surface area contributed by atoms with Crippen LogP contribution in [0.1, 0.15) is 21.0 Å². The molecule has 0 saturated carbocycles. The van der Waals surface area contributed by atoms with Gasteiger partial charge in [0.25, 0.3) is 0 Å². The minimum absolute atomic E-state index is 0.0855. The molecule has 0 bridgehead atoms. The van der Waals surface area contributed by atoms with E-state index < -0.39 is 0 Å². The van der Waals surface area contributed by atoms with Gasteiger partial charge in [-0.15, -0.1) is 0 Å². The van der Waals surface area contributed by atoms with Gasteiger partial charge in [0.1, 0.15) is 11.4 Å². The third kappa shape index (κ3) is 3.37. The van der Waals surface area contributed by atoms with Crippen molar-refractivity contribution in [2.75, 3.05) is 10.7 Å². The molecule has 0 fully saturated rings. The van der Waals surface area contributed by atoms with Crippen molar-refractivity contribution < 1.29 is 9.59 Å². The Balaban J connectivity index is 2.41. The van der Waals surface area contributed by atoms with Gasteiger partial charge in [0.05, 0.1) is 10.7 Å². The second-order valence-corrected chi connectivity index (χ2v) is 5.09. The predicted octanol–water partition coefficient (Wildman–Crippen LogP) is 3.30. The smallest absolute Gasteiger partial charge is 0.191 e. The van der Waals surface area contributed by atoms with Crippen LogP contribution in [0.2, 0.25) is 0 Å². The molecule has 0 aliphatic heterocycles. The highest BCUT2D eigenvalue weighted by molar-refractivity contribution is 9.09. The molecule has 2 heterocycles. The van der Waals surface area contributed by atoms with E-state index in [-0.39, 0.29) is 22.2 Å². The number of carbonyl (C=O) groups excluding carboxylic acids is 2. The fraction of sp³-hybridized carbons (Fsp3) is 0.143. The fourth-order valence-electron chi connectivity index (χ4n) is 1.66. The van der Waals surface area contributed by atoms with E-state index in [0.717, 1.165) is 11.1 Å². The quantitative estimate of drug-likeness (QED) is 0.573. The van der Waals surface area contributed by atoms with E-state index in [4.69, 9.17) is 0 Å². The van der Waals surface area contributed by atoms with E-state index in [9.17, 15) is 9.59 Å². The maximum atomic E-state index is 11.6. The number of halogens is 2. The number of carbonyl (C=O) groups is 2. The van der Waals surface area contributed by atoms with Crippen LogP contribution in [0, 0.1) is 0 Å². The van der Waals surface area contributed by atoms with Gasteiger partial charge >= 0.3 is 0 Å². The van der Waals surface area contributed by atoms with E-state index in [2.05, 4.69) is 41.8 Å². The third-order valence-electron chi connectivity index (χ3n) is 2.67. The lowest BCUT2D eigenvalue weighted by molar-refractivity contribution is 0.101. The van der Waals surface area contributed by atoms with E-state index >= 15 is 0 Å². The molecule has 0 spiro atoms. The summed E-state index contributed by atoms with van der Waals surface area (Å²) in [5, 5.41) is 0.459. The van der Waals surface area contributed by atoms with Crippen molar-refractivity contribution in [3.63, 3.8) is 0 Å². The van der Waals surface area contributed by atoms with Crippen molar-refractivity contribution in [1.29, 1.82) is 0 Å². The number of rotatable bonds is 5. The monoisotopic (exact) mass is 396 g/mol. The molecule has 2 aromatic rings. The summed E-state index contributed by atoms with van der Waals surface area (Å²) in [6.45, 7) is 0. The molecular formula is C14H10Br2N2O2. The van der Waals surface area contributed by atoms with Gasteiger partial charge in [-0.2, -0.15) is 0 Å². The molecule has 0 radical (unpaired) electrons. The Kier molecular flexibility index (Phi) is 5.14. The van der Waals surface area contributed by atoms with Gasteiger partial charge in [0, 0.05) is 12.4 Å². The zero-order valence-electron chi connectivity index (χ0n) is 10.3. The van der Waals surface area contributed by atoms with Gasteiger partial charge in [0.2, 0.25) is 0 Å². The molecule has 2 rings (SSSR count). The summed E-state index contributed by atoms with van der Waals surface area (Å²) in [4.78, 5) is 31.4. The van der Waals surface area contributed by atoms with Crippen LogP contribution in [0.5, 0.6) is 0 Å². The molecule has 0 aromatic carbocycles. The summed E-state index contributed by atoms with van der Waals surface area (Å²) in [7, 11) is 0. The number of aromatic nitrogens is 2. The fourth-order valence-corrected chi connectivity index (χ4v) is 2.24. The lowest BCUT2D eigenvalue weighted by atomic mass is 10.0. The van der Waals surface area contributed by atoms with E-state index in [0.29, 0.717) is 11.4 Å². The van der Waals surface area contributed by atoms with Crippen LogP contribution in [0.25, 0.3) is 11.1 Å². The van der Waals surface area contributed by atoms with Crippen LogP contribution in [0.4, 0.5) is 0 Å². The number of pyridine rings is 2. The first-order valence-corrected chi connectivity index (χ1v) is 8.01. The number of hydrogen-bond acceptors (Lipinski definition) is 4. The predicted molar refractivity (Wildman–Crippen MR) is 83.7 cm³/mol. The molecule has 0 N–H and O–H groups in total. The molecular weight excluding hydrogens is 388 g/mol. The highest BCUT2D eigenvalue weighted by Crippen LogP contribution is 2.20. The van der Waals surface area contributed by atoms with Crippen LogP contribution in [-0.2, 0) is 0 Å². The van der Waals surface area contributed by atoms with Crippen LogP contribution in [0.15, 0.2) is 36.7 Å². The summed E-state index contributed by atoms with van der Waals surface area (Å²) in [6.07, 6.45) is 3.16. The van der Waals surface area contributed by atoms with Gasteiger partial charge in [-0.25, -0.2) is 0 Å². The number of alkyl halides is 2. The van der Waals surface area contributed by atoms with Crippen LogP contribution in [0.3, 0.4) is 0 Å². The van der Waals surface area contributed by atoms with Gasteiger partial charge < -0.3 is 0 Å². The minimum Gasteiger partial charge on any atom is -0.291 e. The van der Waals surface area contributed by atoms with Gasteiger partial charge in [0.15, 0.2) is 11.6 Å². The minimum atomic E-state index is -0.0855. The maximum absolute atomic E-state index is 11.6. The molecule has 0 aliphatic carbocycles. The van der Waals surface area contributed by atoms with Crippen LogP contribution < -0.4 is 0 Å². The van der Waals surface area contributed by atoms with Gasteiger partial charge in [-0.05, 0) is 35.4 Å². The number of Topliss-reactive ketones (excluding diaryl/α,β-unsaturated/α-hetero) is 2. The molecule has 0 unspecified atom stereocenters. The average Bonchev–Trinajstić information content (AvgIpc) is 2.53. The Bertz CT molecular complexity index is 602. The SMILES string of the molecule is O=C(CBr)c1cc(-c2ccnc(C(=O)CBr)c2)ccn1. The molecule has 0 aliphatic rings. The topological polar surface area (TPSA) is 59.9 Å². The van der Waals surface area contributed by atoms with E-state index in [1.807, 2.05) is 0 Å². The molecule has 102 valence electrons. The molecule has 4 nitrogen and oxygen atoms in total. The zero-order valence-corrected chi connectivity index (χ0v) is 13.5. The van der Waals surface area contributed by atoms with Gasteiger partial charge in [-0.1, -0.05) is 31.9 Å². The average molecular weight is 398 g/mol. The number of ketones is 2. The Morgan fingerprint density at radius 2 is 1.25 bits per heavy atom. The number of nitrogens with zero attached hydrogens (tertiary/aromatic N) is 2. The Morgan fingerprint density at radius 1 is 0.850 bits per heavy atom. The van der Waals surface area contributed by atoms with Crippen molar-refractivity contribution in [3.05, 3.63) is 48.0 Å². The standard InChI is InChI=1S/C14H10Br2N2O2/c15-7-13(19)11-5-9(1-3-17-11)10-2-4-18-12(6-10)14(20)8-16/h1-6H,7-8H2. The molecule has 0 saturated heterocycles. The van der Waals surface area contributed by atoms with E-state index in [1.54, 1.807) is 36.7 Å². The van der Waals surface area contributed by atoms with Crippen LogP contribution >= 0.6 is 31.9 Å². The summed E-state index contributed by atoms with van der Waals surface area (Å²) < 4.78 is 0. The Hall–Kier alpha value is -1.40. The number of hydrogen-bond donors (Lipinski definition) is 0. The second-order valence-electron chi connectivity index (χ2n) is 3.97. The second kappa shape index (κ2) is 6.85. The van der Waals surface area contributed by atoms with Crippen molar-refractivity contribution in [3.8, 4) is 11.1 Å². The van der Waals surface area contributed by atoms with Gasteiger partial charge in [-0.3, -0.25) is 19.6 Å². The first-order valence-electron chi connectivity index (χ1n) is 5.76. The molecule has 6 heteroatoms. The summed E-state index contributed by atoms with van der Waals surface area (Å²) in [5.74, 6) is -0.171. The summed E-state index contributed by atoms with van der Waals surface area (Å²) in [6, 6.07) is 7.01. The first kappa shape index (κ1) is 15.0.